The molecule has 0 aliphatic carbocycles. The fourth-order valence-corrected chi connectivity index (χ4v) is 3.24. The van der Waals surface area contributed by atoms with Gasteiger partial charge in [-0.3, -0.25) is 9.78 Å². The Bertz CT molecular complexity index is 642. The molecule has 1 aliphatic heterocycles. The predicted molar refractivity (Wildman–Crippen MR) is 89.0 cm³/mol. The minimum Gasteiger partial charge on any atom is -0.351 e. The molecule has 0 spiro atoms. The van der Waals surface area contributed by atoms with Crippen molar-refractivity contribution in [3.8, 4) is 0 Å². The Balaban J connectivity index is 1.89. The summed E-state index contributed by atoms with van der Waals surface area (Å²) in [5, 5.41) is 3.38. The average Bonchev–Trinajstić information content (AvgIpc) is 3.11. The van der Waals surface area contributed by atoms with Gasteiger partial charge < -0.3 is 10.3 Å². The zero-order valence-electron chi connectivity index (χ0n) is 13.7. The number of Topliss-reactive ketones (excluding diaryl/α,β-unsaturated/α-hetero) is 1. The minimum absolute atomic E-state index is 0.236. The summed E-state index contributed by atoms with van der Waals surface area (Å²) in [6.45, 7) is 8.42. The first-order valence-electron chi connectivity index (χ1n) is 8.09. The molecule has 3 rings (SSSR count). The quantitative estimate of drug-likeness (QED) is 0.849. The molecule has 2 aromatic rings. The van der Waals surface area contributed by atoms with Gasteiger partial charge in [-0.25, -0.2) is 0 Å². The van der Waals surface area contributed by atoms with E-state index < -0.39 is 0 Å². The standard InChI is InChI=1S/C18H25N3O/c1-17(2,3)6-7-18(8-10-19-12-18)16(22)15-11-14-13(21-15)5-4-9-20-14/h4-5,9,11,19,21H,6-8,10,12H2,1-3H3. The molecule has 1 aliphatic rings. The number of hydrogen-bond donors (Lipinski definition) is 2. The molecule has 1 unspecified atom stereocenters. The number of aromatic nitrogens is 2. The Kier molecular flexibility index (Phi) is 3.81. The summed E-state index contributed by atoms with van der Waals surface area (Å²) in [5.41, 5.74) is 2.48. The van der Waals surface area contributed by atoms with Crippen LogP contribution >= 0.6 is 0 Å². The lowest BCUT2D eigenvalue weighted by molar-refractivity contribution is 0.0779. The maximum Gasteiger partial charge on any atom is 0.186 e. The van der Waals surface area contributed by atoms with E-state index in [0.29, 0.717) is 5.69 Å². The predicted octanol–water partition coefficient (Wildman–Crippen LogP) is 3.55. The molecule has 0 radical (unpaired) electrons. The molecule has 1 saturated heterocycles. The van der Waals surface area contributed by atoms with E-state index in [2.05, 4.69) is 36.1 Å². The van der Waals surface area contributed by atoms with Crippen molar-refractivity contribution in [2.45, 2.75) is 40.0 Å². The molecule has 4 heteroatoms. The van der Waals surface area contributed by atoms with Crippen LogP contribution in [0.15, 0.2) is 24.4 Å². The zero-order chi connectivity index (χ0) is 15.8. The van der Waals surface area contributed by atoms with Gasteiger partial charge in [0, 0.05) is 18.2 Å². The summed E-state index contributed by atoms with van der Waals surface area (Å²) in [7, 11) is 0. The molecule has 0 aromatic carbocycles. The first-order chi connectivity index (χ1) is 10.4. The van der Waals surface area contributed by atoms with E-state index in [9.17, 15) is 4.79 Å². The lowest BCUT2D eigenvalue weighted by Crippen LogP contribution is -2.35. The number of carbonyl (C=O) groups is 1. The number of rotatable bonds is 4. The van der Waals surface area contributed by atoms with Crippen LogP contribution in [0.5, 0.6) is 0 Å². The summed E-state index contributed by atoms with van der Waals surface area (Å²) in [6.07, 6.45) is 4.67. The number of fused-ring (bicyclic) bond motifs is 1. The SMILES string of the molecule is CC(C)(C)CCC1(C(=O)c2cc3ncccc3[nH]2)CCNC1. The van der Waals surface area contributed by atoms with E-state index in [1.807, 2.05) is 18.2 Å². The van der Waals surface area contributed by atoms with Crippen molar-refractivity contribution in [3.05, 3.63) is 30.1 Å². The zero-order valence-corrected chi connectivity index (χ0v) is 13.7. The fraction of sp³-hybridized carbons (Fsp3) is 0.556. The second-order valence-corrected chi connectivity index (χ2v) is 7.72. The molecule has 118 valence electrons. The van der Waals surface area contributed by atoms with Crippen LogP contribution < -0.4 is 5.32 Å². The summed E-state index contributed by atoms with van der Waals surface area (Å²) < 4.78 is 0. The van der Waals surface area contributed by atoms with Gasteiger partial charge in [-0.15, -0.1) is 0 Å². The highest BCUT2D eigenvalue weighted by molar-refractivity contribution is 6.02. The molecule has 3 heterocycles. The summed E-state index contributed by atoms with van der Waals surface area (Å²) in [6, 6.07) is 5.75. The number of hydrogen-bond acceptors (Lipinski definition) is 3. The summed E-state index contributed by atoms with van der Waals surface area (Å²) >= 11 is 0. The molecule has 0 bridgehead atoms. The third-order valence-electron chi connectivity index (χ3n) is 4.71. The highest BCUT2D eigenvalue weighted by Crippen LogP contribution is 2.38. The highest BCUT2D eigenvalue weighted by Gasteiger charge is 2.42. The number of carbonyl (C=O) groups excluding carboxylic acids is 1. The van der Waals surface area contributed by atoms with Gasteiger partial charge in [-0.05, 0) is 49.4 Å². The third kappa shape index (κ3) is 2.93. The van der Waals surface area contributed by atoms with Gasteiger partial charge in [0.25, 0.3) is 0 Å². The molecule has 1 atom stereocenters. The Morgan fingerprint density at radius 3 is 2.86 bits per heavy atom. The van der Waals surface area contributed by atoms with Crippen LogP contribution in [-0.4, -0.2) is 28.8 Å². The maximum absolute atomic E-state index is 13.2. The Hall–Kier alpha value is -1.68. The van der Waals surface area contributed by atoms with E-state index in [0.717, 1.165) is 43.4 Å². The van der Waals surface area contributed by atoms with Crippen LogP contribution in [0.2, 0.25) is 0 Å². The Labute approximate surface area is 131 Å². The average molecular weight is 299 g/mol. The van der Waals surface area contributed by atoms with Gasteiger partial charge in [0.15, 0.2) is 5.78 Å². The topological polar surface area (TPSA) is 57.8 Å². The first-order valence-corrected chi connectivity index (χ1v) is 8.09. The van der Waals surface area contributed by atoms with E-state index in [4.69, 9.17) is 0 Å². The highest BCUT2D eigenvalue weighted by atomic mass is 16.1. The maximum atomic E-state index is 13.2. The minimum atomic E-state index is -0.270. The second kappa shape index (κ2) is 5.51. The smallest absolute Gasteiger partial charge is 0.186 e. The second-order valence-electron chi connectivity index (χ2n) is 7.72. The Morgan fingerprint density at radius 2 is 2.23 bits per heavy atom. The van der Waals surface area contributed by atoms with E-state index in [1.54, 1.807) is 6.20 Å². The van der Waals surface area contributed by atoms with Crippen molar-refractivity contribution < 1.29 is 4.79 Å². The van der Waals surface area contributed by atoms with Gasteiger partial charge >= 0.3 is 0 Å². The van der Waals surface area contributed by atoms with Gasteiger partial charge in [0.1, 0.15) is 0 Å². The van der Waals surface area contributed by atoms with E-state index >= 15 is 0 Å². The largest absolute Gasteiger partial charge is 0.351 e. The third-order valence-corrected chi connectivity index (χ3v) is 4.71. The van der Waals surface area contributed by atoms with Crippen molar-refractivity contribution in [1.29, 1.82) is 0 Å². The van der Waals surface area contributed by atoms with Crippen molar-refractivity contribution in [2.75, 3.05) is 13.1 Å². The number of nitrogens with one attached hydrogen (secondary N) is 2. The van der Waals surface area contributed by atoms with Crippen LogP contribution in [0.4, 0.5) is 0 Å². The van der Waals surface area contributed by atoms with Gasteiger partial charge in [0.2, 0.25) is 0 Å². The van der Waals surface area contributed by atoms with Gasteiger partial charge in [0.05, 0.1) is 16.7 Å². The van der Waals surface area contributed by atoms with Crippen LogP contribution in [-0.2, 0) is 0 Å². The van der Waals surface area contributed by atoms with Gasteiger partial charge in [-0.2, -0.15) is 0 Å². The lowest BCUT2D eigenvalue weighted by Gasteiger charge is -2.30. The van der Waals surface area contributed by atoms with E-state index in [1.165, 1.54) is 0 Å². The molecule has 0 saturated carbocycles. The summed E-state index contributed by atoms with van der Waals surface area (Å²) in [5.74, 6) is 0.236. The number of pyridine rings is 1. The molecule has 1 fully saturated rings. The lowest BCUT2D eigenvalue weighted by atomic mass is 9.73. The normalized spacial score (nSPS) is 22.3. The number of aromatic amines is 1. The van der Waals surface area contributed by atoms with Crippen LogP contribution in [0, 0.1) is 10.8 Å². The van der Waals surface area contributed by atoms with Crippen LogP contribution in [0.1, 0.15) is 50.5 Å². The van der Waals surface area contributed by atoms with Crippen LogP contribution in [0.3, 0.4) is 0 Å². The molecule has 4 nitrogen and oxygen atoms in total. The van der Waals surface area contributed by atoms with Gasteiger partial charge in [-0.1, -0.05) is 20.8 Å². The molecule has 2 aromatic heterocycles. The molecule has 22 heavy (non-hydrogen) atoms. The van der Waals surface area contributed by atoms with Crippen LogP contribution in [0.25, 0.3) is 11.0 Å². The Morgan fingerprint density at radius 1 is 1.41 bits per heavy atom. The van der Waals surface area contributed by atoms with Crippen molar-refractivity contribution >= 4 is 16.8 Å². The number of nitrogens with zero attached hydrogens (tertiary/aromatic N) is 1. The molecular formula is C18H25N3O. The number of ketones is 1. The van der Waals surface area contributed by atoms with Crippen molar-refractivity contribution in [3.63, 3.8) is 0 Å². The molecular weight excluding hydrogens is 274 g/mol. The van der Waals surface area contributed by atoms with E-state index in [-0.39, 0.29) is 16.6 Å². The monoisotopic (exact) mass is 299 g/mol. The molecule has 0 amide bonds. The van der Waals surface area contributed by atoms with Crippen molar-refractivity contribution in [1.82, 2.24) is 15.3 Å². The molecule has 2 N–H and O–H groups in total. The summed E-state index contributed by atoms with van der Waals surface area (Å²) in [4.78, 5) is 20.7. The fourth-order valence-electron chi connectivity index (χ4n) is 3.24. The first kappa shape index (κ1) is 15.2. The number of H-pyrrole nitrogens is 1. The van der Waals surface area contributed by atoms with Crippen molar-refractivity contribution in [2.24, 2.45) is 10.8 Å².